The summed E-state index contributed by atoms with van der Waals surface area (Å²) in [6.07, 6.45) is 3.90. The summed E-state index contributed by atoms with van der Waals surface area (Å²) in [6, 6.07) is 18.3. The van der Waals surface area contributed by atoms with Gasteiger partial charge in [-0.3, -0.25) is 4.79 Å². The van der Waals surface area contributed by atoms with Crippen LogP contribution in [0.1, 0.15) is 36.7 Å². The molecule has 8 heteroatoms. The van der Waals surface area contributed by atoms with Gasteiger partial charge >= 0.3 is 0 Å². The lowest BCUT2D eigenvalue weighted by molar-refractivity contribution is -0.130. The van der Waals surface area contributed by atoms with Gasteiger partial charge in [-0.15, -0.1) is 0 Å². The van der Waals surface area contributed by atoms with Crippen molar-refractivity contribution in [1.29, 1.82) is 5.26 Å². The Morgan fingerprint density at radius 2 is 1.84 bits per heavy atom. The third kappa shape index (κ3) is 6.07. The Kier molecular flexibility index (Phi) is 7.62. The largest absolute Gasteiger partial charge is 0.489 e. The number of anilines is 1. The van der Waals surface area contributed by atoms with E-state index >= 15 is 0 Å². The van der Waals surface area contributed by atoms with Gasteiger partial charge in [0.2, 0.25) is 5.91 Å². The number of carbonyl (C=O) groups is 1. The fourth-order valence-electron chi connectivity index (χ4n) is 4.82. The van der Waals surface area contributed by atoms with Gasteiger partial charge in [-0.25, -0.2) is 9.97 Å². The van der Waals surface area contributed by atoms with E-state index < -0.39 is 0 Å². The van der Waals surface area contributed by atoms with Gasteiger partial charge in [-0.05, 0) is 42.0 Å². The first kappa shape index (κ1) is 24.7. The molecule has 3 heterocycles. The molecule has 0 unspecified atom stereocenters. The predicted octanol–water partition coefficient (Wildman–Crippen LogP) is 3.83. The molecule has 3 aromatic rings. The van der Waals surface area contributed by atoms with Crippen LogP contribution in [0.5, 0.6) is 5.75 Å². The number of hydrogen-bond donors (Lipinski definition) is 0. The minimum atomic E-state index is -0.00571. The molecule has 2 fully saturated rings. The van der Waals surface area contributed by atoms with Gasteiger partial charge in [0, 0.05) is 69.8 Å². The molecule has 0 atom stereocenters. The minimum absolute atomic E-state index is 0.00571. The smallest absolute Gasteiger partial charge is 0.219 e. The first-order valence-corrected chi connectivity index (χ1v) is 12.8. The maximum absolute atomic E-state index is 11.6. The van der Waals surface area contributed by atoms with Crippen molar-refractivity contribution in [2.45, 2.75) is 32.3 Å². The molecule has 5 rings (SSSR count). The van der Waals surface area contributed by atoms with E-state index in [1.165, 1.54) is 5.69 Å². The van der Waals surface area contributed by atoms with Gasteiger partial charge in [0.25, 0.3) is 0 Å². The summed E-state index contributed by atoms with van der Waals surface area (Å²) in [6.45, 7) is 6.32. The van der Waals surface area contributed by atoms with Gasteiger partial charge in [-0.2, -0.15) is 5.26 Å². The number of hydrogen-bond acceptors (Lipinski definition) is 7. The number of morpholine rings is 1. The number of piperidine rings is 1. The fraction of sp³-hybridized carbons (Fsp3) is 0.379. The molecule has 1 amide bonds. The van der Waals surface area contributed by atoms with Crippen LogP contribution in [-0.4, -0.2) is 66.3 Å². The van der Waals surface area contributed by atoms with E-state index in [1.54, 1.807) is 13.1 Å². The second-order valence-electron chi connectivity index (χ2n) is 9.45. The number of benzene rings is 2. The third-order valence-electron chi connectivity index (χ3n) is 6.96. The fourth-order valence-corrected chi connectivity index (χ4v) is 4.82. The molecule has 2 aliphatic rings. The average molecular weight is 498 g/mol. The first-order chi connectivity index (χ1) is 18.1. The Hall–Kier alpha value is -3.96. The summed E-state index contributed by atoms with van der Waals surface area (Å²) in [4.78, 5) is 25.0. The third-order valence-corrected chi connectivity index (χ3v) is 6.96. The summed E-state index contributed by atoms with van der Waals surface area (Å²) in [7, 11) is 0. The van der Waals surface area contributed by atoms with Crippen molar-refractivity contribution in [3.63, 3.8) is 0 Å². The van der Waals surface area contributed by atoms with E-state index in [1.807, 2.05) is 29.2 Å². The molecule has 2 aliphatic heterocycles. The normalized spacial score (nSPS) is 16.3. The number of likely N-dealkylation sites (tertiary alicyclic amines) is 1. The summed E-state index contributed by atoms with van der Waals surface area (Å²) in [5.41, 5.74) is 4.45. The number of amides is 1. The lowest BCUT2D eigenvalue weighted by Crippen LogP contribution is -2.40. The van der Waals surface area contributed by atoms with E-state index in [0.29, 0.717) is 30.8 Å². The van der Waals surface area contributed by atoms with Crippen LogP contribution in [0.2, 0.25) is 0 Å². The number of aromatic nitrogens is 2. The molecule has 190 valence electrons. The highest BCUT2D eigenvalue weighted by Crippen LogP contribution is 2.28. The standard InChI is InChI=1S/C29H31N5O3/c1-21(35)33-12-9-26(10-13-33)37-28-7-4-23(19-24(28)20-30)27-8-11-31-29(32-27)18-22-2-5-25(6-3-22)34-14-16-36-17-15-34/h2-8,11,19,26H,9-10,12-18H2,1H3. The van der Waals surface area contributed by atoms with Gasteiger partial charge in [0.05, 0.1) is 24.5 Å². The molecule has 0 aliphatic carbocycles. The molecule has 2 saturated heterocycles. The number of nitrogens with zero attached hydrogens (tertiary/aromatic N) is 5. The highest BCUT2D eigenvalue weighted by atomic mass is 16.5. The van der Waals surface area contributed by atoms with Crippen LogP contribution in [0.3, 0.4) is 0 Å². The van der Waals surface area contributed by atoms with Crippen LogP contribution in [0.15, 0.2) is 54.7 Å². The van der Waals surface area contributed by atoms with Crippen LogP contribution in [0.25, 0.3) is 11.3 Å². The minimum Gasteiger partial charge on any atom is -0.489 e. The van der Waals surface area contributed by atoms with Crippen LogP contribution >= 0.6 is 0 Å². The maximum atomic E-state index is 11.6. The van der Waals surface area contributed by atoms with Crippen molar-refractivity contribution in [2.24, 2.45) is 0 Å². The van der Waals surface area contributed by atoms with Crippen LogP contribution in [-0.2, 0) is 16.0 Å². The molecular formula is C29H31N5O3. The SMILES string of the molecule is CC(=O)N1CCC(Oc2ccc(-c3ccnc(Cc4ccc(N5CCOCC5)cc4)n3)cc2C#N)CC1. The van der Waals surface area contributed by atoms with Crippen LogP contribution < -0.4 is 9.64 Å². The molecule has 2 aromatic carbocycles. The van der Waals surface area contributed by atoms with E-state index in [4.69, 9.17) is 14.5 Å². The molecule has 0 spiro atoms. The molecule has 0 saturated carbocycles. The highest BCUT2D eigenvalue weighted by molar-refractivity contribution is 5.73. The summed E-state index contributed by atoms with van der Waals surface area (Å²) < 4.78 is 11.6. The number of nitriles is 1. The quantitative estimate of drug-likeness (QED) is 0.511. The second-order valence-corrected chi connectivity index (χ2v) is 9.45. The zero-order valence-corrected chi connectivity index (χ0v) is 21.1. The van der Waals surface area contributed by atoms with Crippen molar-refractivity contribution in [2.75, 3.05) is 44.3 Å². The zero-order chi connectivity index (χ0) is 25.6. The van der Waals surface area contributed by atoms with Gasteiger partial charge in [0.15, 0.2) is 0 Å². The van der Waals surface area contributed by atoms with E-state index in [-0.39, 0.29) is 12.0 Å². The molecule has 0 N–H and O–H groups in total. The van der Waals surface area contributed by atoms with E-state index in [2.05, 4.69) is 40.2 Å². The number of carbonyl (C=O) groups excluding carboxylic acids is 1. The van der Waals surface area contributed by atoms with Crippen molar-refractivity contribution in [3.05, 3.63) is 71.7 Å². The second kappa shape index (κ2) is 11.4. The van der Waals surface area contributed by atoms with Crippen molar-refractivity contribution in [1.82, 2.24) is 14.9 Å². The Balaban J connectivity index is 1.25. The lowest BCUT2D eigenvalue weighted by atomic mass is 10.1. The van der Waals surface area contributed by atoms with Crippen LogP contribution in [0, 0.1) is 11.3 Å². The highest BCUT2D eigenvalue weighted by Gasteiger charge is 2.23. The number of rotatable bonds is 6. The van der Waals surface area contributed by atoms with Gasteiger partial charge in [-0.1, -0.05) is 12.1 Å². The van der Waals surface area contributed by atoms with E-state index in [9.17, 15) is 10.1 Å². The van der Waals surface area contributed by atoms with Crippen molar-refractivity contribution >= 4 is 11.6 Å². The molecule has 0 radical (unpaired) electrons. The summed E-state index contributed by atoms with van der Waals surface area (Å²) in [5.74, 6) is 1.39. The van der Waals surface area contributed by atoms with Crippen LogP contribution in [0.4, 0.5) is 5.69 Å². The van der Waals surface area contributed by atoms with Crippen molar-refractivity contribution in [3.8, 4) is 23.1 Å². The average Bonchev–Trinajstić information content (AvgIpc) is 2.94. The summed E-state index contributed by atoms with van der Waals surface area (Å²) >= 11 is 0. The van der Waals surface area contributed by atoms with Gasteiger partial charge in [0.1, 0.15) is 23.7 Å². The summed E-state index contributed by atoms with van der Waals surface area (Å²) in [5, 5.41) is 9.77. The Bertz CT molecular complexity index is 1270. The predicted molar refractivity (Wildman–Crippen MR) is 140 cm³/mol. The van der Waals surface area contributed by atoms with Gasteiger partial charge < -0.3 is 19.3 Å². The lowest BCUT2D eigenvalue weighted by Gasteiger charge is -2.31. The number of ether oxygens (including phenoxy) is 2. The Labute approximate surface area is 217 Å². The first-order valence-electron chi connectivity index (χ1n) is 12.8. The molecule has 37 heavy (non-hydrogen) atoms. The molecular weight excluding hydrogens is 466 g/mol. The molecule has 0 bridgehead atoms. The van der Waals surface area contributed by atoms with E-state index in [0.717, 1.165) is 61.8 Å². The Morgan fingerprint density at radius 3 is 2.54 bits per heavy atom. The monoisotopic (exact) mass is 497 g/mol. The maximum Gasteiger partial charge on any atom is 0.219 e. The zero-order valence-electron chi connectivity index (χ0n) is 21.1. The molecule has 8 nitrogen and oxygen atoms in total. The van der Waals surface area contributed by atoms with Crippen molar-refractivity contribution < 1.29 is 14.3 Å². The molecule has 1 aromatic heterocycles. The Morgan fingerprint density at radius 1 is 1.08 bits per heavy atom. The topological polar surface area (TPSA) is 91.6 Å².